The number of hydrogen-bond donors (Lipinski definition) is 1. The van der Waals surface area contributed by atoms with Crippen LogP contribution in [0.25, 0.3) is 16.8 Å². The number of anilines is 1. The Bertz CT molecular complexity index is 1300. The van der Waals surface area contributed by atoms with E-state index in [2.05, 4.69) is 42.4 Å². The second-order valence-electron chi connectivity index (χ2n) is 8.35. The first kappa shape index (κ1) is 27.1. The van der Waals surface area contributed by atoms with Crippen molar-refractivity contribution in [2.75, 3.05) is 18.5 Å². The summed E-state index contributed by atoms with van der Waals surface area (Å²) in [6.07, 6.45) is 2.51. The molecule has 0 aliphatic rings. The third kappa shape index (κ3) is 6.39. The van der Waals surface area contributed by atoms with Crippen LogP contribution >= 0.6 is 22.7 Å². The normalized spacial score (nSPS) is 11.3. The van der Waals surface area contributed by atoms with E-state index < -0.39 is 11.9 Å². The molecule has 7 nitrogen and oxygen atoms in total. The molecule has 3 aromatic rings. The Morgan fingerprint density at radius 2 is 1.81 bits per heavy atom. The molecule has 0 unspecified atom stereocenters. The van der Waals surface area contributed by atoms with Crippen molar-refractivity contribution in [3.05, 3.63) is 62.4 Å². The smallest absolute Gasteiger partial charge is 0.348 e. The zero-order valence-corrected chi connectivity index (χ0v) is 22.6. The fourth-order valence-electron chi connectivity index (χ4n) is 3.55. The van der Waals surface area contributed by atoms with Crippen LogP contribution in [0.5, 0.6) is 0 Å². The van der Waals surface area contributed by atoms with Crippen molar-refractivity contribution in [1.82, 2.24) is 4.98 Å². The predicted molar refractivity (Wildman–Crippen MR) is 144 cm³/mol. The highest BCUT2D eigenvalue weighted by Crippen LogP contribution is 2.35. The summed E-state index contributed by atoms with van der Waals surface area (Å²) in [4.78, 5) is 29.9. The molecule has 9 heteroatoms. The number of esters is 2. The Kier molecular flexibility index (Phi) is 9.39. The van der Waals surface area contributed by atoms with Gasteiger partial charge in [-0.2, -0.15) is 5.26 Å². The van der Waals surface area contributed by atoms with Gasteiger partial charge in [0.25, 0.3) is 0 Å². The van der Waals surface area contributed by atoms with Crippen LogP contribution in [0.3, 0.4) is 0 Å². The highest BCUT2D eigenvalue weighted by molar-refractivity contribution is 7.18. The number of nitrogens with one attached hydrogen (secondary N) is 1. The zero-order valence-electron chi connectivity index (χ0n) is 21.0. The zero-order chi connectivity index (χ0) is 26.2. The Labute approximate surface area is 219 Å². The van der Waals surface area contributed by atoms with Crippen LogP contribution in [0.1, 0.15) is 63.9 Å². The third-order valence-electron chi connectivity index (χ3n) is 5.18. The summed E-state index contributed by atoms with van der Waals surface area (Å²) in [5.41, 5.74) is 4.07. The third-order valence-corrected chi connectivity index (χ3v) is 7.26. The van der Waals surface area contributed by atoms with E-state index in [1.54, 1.807) is 20.8 Å². The van der Waals surface area contributed by atoms with E-state index in [1.807, 2.05) is 17.5 Å². The van der Waals surface area contributed by atoms with E-state index in [0.717, 1.165) is 29.0 Å². The van der Waals surface area contributed by atoms with Crippen molar-refractivity contribution in [3.63, 3.8) is 0 Å². The lowest BCUT2D eigenvalue weighted by Crippen LogP contribution is -2.09. The molecule has 0 fully saturated rings. The minimum absolute atomic E-state index is 0.196. The summed E-state index contributed by atoms with van der Waals surface area (Å²) >= 11 is 2.45. The van der Waals surface area contributed by atoms with E-state index >= 15 is 0 Å². The number of nitrogens with zero attached hydrogens (tertiary/aromatic N) is 2. The molecule has 36 heavy (non-hydrogen) atoms. The topological polar surface area (TPSA) is 101 Å². The lowest BCUT2D eigenvalue weighted by atomic mass is 10.0. The lowest BCUT2D eigenvalue weighted by Gasteiger charge is -2.05. The molecule has 0 amide bonds. The summed E-state index contributed by atoms with van der Waals surface area (Å²) < 4.78 is 10.3. The van der Waals surface area contributed by atoms with Gasteiger partial charge in [0.05, 0.1) is 24.5 Å². The summed E-state index contributed by atoms with van der Waals surface area (Å²) in [6, 6.07) is 10.5. The van der Waals surface area contributed by atoms with Gasteiger partial charge in [0.15, 0.2) is 0 Å². The molecule has 3 rings (SSSR count). The molecule has 1 aromatic carbocycles. The van der Waals surface area contributed by atoms with E-state index in [4.69, 9.17) is 9.47 Å². The van der Waals surface area contributed by atoms with E-state index in [0.29, 0.717) is 31.9 Å². The van der Waals surface area contributed by atoms with Crippen LogP contribution in [-0.4, -0.2) is 30.1 Å². The van der Waals surface area contributed by atoms with Crippen molar-refractivity contribution in [2.24, 2.45) is 5.92 Å². The van der Waals surface area contributed by atoms with Crippen LogP contribution in [0.2, 0.25) is 0 Å². The molecule has 0 saturated heterocycles. The van der Waals surface area contributed by atoms with Crippen molar-refractivity contribution >= 4 is 45.2 Å². The number of aromatic nitrogens is 1. The minimum atomic E-state index is -0.548. The Balaban J connectivity index is 1.88. The molecule has 2 aromatic heterocycles. The van der Waals surface area contributed by atoms with Gasteiger partial charge in [0, 0.05) is 17.1 Å². The quantitative estimate of drug-likeness (QED) is 0.233. The minimum Gasteiger partial charge on any atom is -0.462 e. The molecule has 1 N–H and O–H groups in total. The van der Waals surface area contributed by atoms with Gasteiger partial charge in [-0.3, -0.25) is 0 Å². The maximum Gasteiger partial charge on any atom is 0.348 e. The van der Waals surface area contributed by atoms with E-state index in [-0.39, 0.29) is 18.8 Å². The number of carbonyl (C=O) groups excluding carboxylic acids is 2. The number of nitriles is 1. The number of rotatable bonds is 10. The molecule has 0 saturated carbocycles. The van der Waals surface area contributed by atoms with Gasteiger partial charge >= 0.3 is 11.9 Å². The van der Waals surface area contributed by atoms with E-state index in [1.165, 1.54) is 23.1 Å². The SMILES string of the molecule is CCOC(=O)c1sc(NC=C(C#N)c2nc(-c3ccc(CC(C)C)cc3)cs2)c(C(=O)OCC)c1C. The largest absolute Gasteiger partial charge is 0.462 e. The highest BCUT2D eigenvalue weighted by Gasteiger charge is 2.26. The first-order valence-electron chi connectivity index (χ1n) is 11.7. The van der Waals surface area contributed by atoms with Crippen LogP contribution in [0, 0.1) is 24.2 Å². The Morgan fingerprint density at radius 1 is 1.14 bits per heavy atom. The number of thiophene rings is 1. The maximum absolute atomic E-state index is 12.6. The van der Waals surface area contributed by atoms with Crippen LogP contribution < -0.4 is 5.32 Å². The summed E-state index contributed by atoms with van der Waals surface area (Å²) in [7, 11) is 0. The number of benzene rings is 1. The molecule has 0 spiro atoms. The lowest BCUT2D eigenvalue weighted by molar-refractivity contribution is 0.0527. The van der Waals surface area contributed by atoms with Crippen molar-refractivity contribution < 1.29 is 19.1 Å². The number of ether oxygens (including phenoxy) is 2. The van der Waals surface area contributed by atoms with Crippen molar-refractivity contribution in [1.29, 1.82) is 5.26 Å². The molecule has 2 heterocycles. The van der Waals surface area contributed by atoms with Gasteiger partial charge in [0.1, 0.15) is 26.5 Å². The standard InChI is InChI=1S/C27H29N3O4S2/c1-6-33-26(31)22-17(5)23(27(32)34-7-2)36-25(22)29-14-20(13-28)24-30-21(15-35-24)19-10-8-18(9-11-19)12-16(3)4/h8-11,14-16,29H,6-7,12H2,1-5H3. The average Bonchev–Trinajstić information content (AvgIpc) is 3.45. The van der Waals surface area contributed by atoms with Gasteiger partial charge in [0.2, 0.25) is 0 Å². The molecule has 0 radical (unpaired) electrons. The molecular formula is C27H29N3O4S2. The first-order valence-corrected chi connectivity index (χ1v) is 13.4. The number of carbonyl (C=O) groups is 2. The number of allylic oxidation sites excluding steroid dienone is 1. The average molecular weight is 524 g/mol. The van der Waals surface area contributed by atoms with Gasteiger partial charge in [-0.15, -0.1) is 22.7 Å². The fourth-order valence-corrected chi connectivity index (χ4v) is 5.40. The second-order valence-corrected chi connectivity index (χ2v) is 10.2. The van der Waals surface area contributed by atoms with Crippen LogP contribution in [0.15, 0.2) is 35.8 Å². The molecular weight excluding hydrogens is 494 g/mol. The number of thiazole rings is 1. The molecule has 0 bridgehead atoms. The second kappa shape index (κ2) is 12.5. The monoisotopic (exact) mass is 523 g/mol. The fraction of sp³-hybridized carbons (Fsp3) is 0.333. The van der Waals surface area contributed by atoms with E-state index in [9.17, 15) is 14.9 Å². The Hall–Kier alpha value is -3.48. The van der Waals surface area contributed by atoms with Gasteiger partial charge in [-0.05, 0) is 44.2 Å². The van der Waals surface area contributed by atoms with Gasteiger partial charge < -0.3 is 14.8 Å². The highest BCUT2D eigenvalue weighted by atomic mass is 32.1. The van der Waals surface area contributed by atoms with Crippen molar-refractivity contribution in [3.8, 4) is 17.3 Å². The Morgan fingerprint density at radius 3 is 2.42 bits per heavy atom. The summed E-state index contributed by atoms with van der Waals surface area (Å²) in [5.74, 6) is -0.469. The first-order chi connectivity index (χ1) is 17.3. The predicted octanol–water partition coefficient (Wildman–Crippen LogP) is 6.71. The van der Waals surface area contributed by atoms with Crippen LogP contribution in [-0.2, 0) is 15.9 Å². The molecule has 0 aliphatic carbocycles. The van der Waals surface area contributed by atoms with Gasteiger partial charge in [-0.25, -0.2) is 14.6 Å². The van der Waals surface area contributed by atoms with Crippen molar-refractivity contribution in [2.45, 2.75) is 41.0 Å². The van der Waals surface area contributed by atoms with Crippen LogP contribution in [0.4, 0.5) is 5.00 Å². The maximum atomic E-state index is 12.6. The molecule has 188 valence electrons. The van der Waals surface area contributed by atoms with Gasteiger partial charge in [-0.1, -0.05) is 38.1 Å². The summed E-state index contributed by atoms with van der Waals surface area (Å²) in [5, 5.41) is 15.7. The molecule has 0 atom stereocenters. The number of hydrogen-bond acceptors (Lipinski definition) is 9. The molecule has 0 aliphatic heterocycles. The summed E-state index contributed by atoms with van der Waals surface area (Å²) in [6.45, 7) is 9.90.